The number of benzene rings is 3. The van der Waals surface area contributed by atoms with Gasteiger partial charge in [0, 0.05) is 37.1 Å². The zero-order valence-electron chi connectivity index (χ0n) is 22.1. The normalized spacial score (nSPS) is 11.2. The van der Waals surface area contributed by atoms with E-state index in [0.29, 0.717) is 64.7 Å². The molecule has 1 amide bonds. The quantitative estimate of drug-likeness (QED) is 0.173. The molecule has 0 aliphatic rings. The fourth-order valence-corrected chi connectivity index (χ4v) is 4.25. The van der Waals surface area contributed by atoms with Crippen LogP contribution in [0.3, 0.4) is 0 Å². The molecule has 7 heteroatoms. The van der Waals surface area contributed by atoms with Gasteiger partial charge < -0.3 is 19.2 Å². The minimum absolute atomic E-state index is 0.0474. The van der Waals surface area contributed by atoms with Crippen molar-refractivity contribution < 1.29 is 27.9 Å². The summed E-state index contributed by atoms with van der Waals surface area (Å²) in [6.07, 6.45) is 1.24. The number of Topliss-reactive ketones (excluding diaryl/α,β-unsaturated/α-hetero) is 1. The molecule has 0 spiro atoms. The van der Waals surface area contributed by atoms with Gasteiger partial charge in [0.05, 0.1) is 12.2 Å². The summed E-state index contributed by atoms with van der Waals surface area (Å²) in [5.74, 6) is 0.699. The molecule has 1 aromatic heterocycles. The summed E-state index contributed by atoms with van der Waals surface area (Å²) in [4.78, 5) is 26.0. The third-order valence-corrected chi connectivity index (χ3v) is 6.32. The van der Waals surface area contributed by atoms with Crippen molar-refractivity contribution in [3.63, 3.8) is 0 Å². The molecule has 3 aromatic carbocycles. The van der Waals surface area contributed by atoms with E-state index < -0.39 is 0 Å². The van der Waals surface area contributed by atoms with Gasteiger partial charge in [-0.3, -0.25) is 9.59 Å². The first-order chi connectivity index (χ1) is 18.3. The van der Waals surface area contributed by atoms with Crippen LogP contribution in [-0.2, 0) is 4.74 Å². The average molecular weight is 518 g/mol. The first-order valence-electron chi connectivity index (χ1n) is 12.7. The second-order valence-corrected chi connectivity index (χ2v) is 9.55. The molecule has 0 fully saturated rings. The first kappa shape index (κ1) is 27.1. The number of amides is 1. The van der Waals surface area contributed by atoms with Crippen LogP contribution >= 0.6 is 0 Å². The van der Waals surface area contributed by atoms with Crippen LogP contribution in [0.25, 0.3) is 33.4 Å². The van der Waals surface area contributed by atoms with E-state index in [4.69, 9.17) is 13.9 Å². The van der Waals surface area contributed by atoms with Gasteiger partial charge in [-0.25, -0.2) is 4.39 Å². The molecule has 198 valence electrons. The van der Waals surface area contributed by atoms with Crippen molar-refractivity contribution >= 4 is 22.7 Å². The highest BCUT2D eigenvalue weighted by Crippen LogP contribution is 2.37. The van der Waals surface area contributed by atoms with Crippen LogP contribution in [0.1, 0.15) is 47.4 Å². The Hall–Kier alpha value is -3.97. The average Bonchev–Trinajstić information content (AvgIpc) is 3.30. The molecule has 0 atom stereocenters. The maximum absolute atomic E-state index is 13.5. The fourth-order valence-electron chi connectivity index (χ4n) is 4.25. The highest BCUT2D eigenvalue weighted by Gasteiger charge is 2.22. The number of hydrogen-bond acceptors (Lipinski definition) is 5. The van der Waals surface area contributed by atoms with E-state index in [0.717, 1.165) is 17.5 Å². The highest BCUT2D eigenvalue weighted by atomic mass is 19.1. The number of nitrogens with one attached hydrogen (secondary N) is 1. The van der Waals surface area contributed by atoms with Crippen LogP contribution < -0.4 is 10.1 Å². The molecule has 0 radical (unpaired) electrons. The Morgan fingerprint density at radius 2 is 1.68 bits per heavy atom. The van der Waals surface area contributed by atoms with Gasteiger partial charge in [0.15, 0.2) is 5.78 Å². The molecule has 0 saturated heterocycles. The van der Waals surface area contributed by atoms with Gasteiger partial charge in [0.2, 0.25) is 0 Å². The number of carbonyl (C=O) groups is 2. The summed E-state index contributed by atoms with van der Waals surface area (Å²) in [6.45, 7) is 4.95. The summed E-state index contributed by atoms with van der Waals surface area (Å²) in [5.41, 5.74) is 3.62. The van der Waals surface area contributed by atoms with Gasteiger partial charge in [0.25, 0.3) is 5.91 Å². The van der Waals surface area contributed by atoms with E-state index in [9.17, 15) is 14.0 Å². The number of rotatable bonds is 11. The number of methoxy groups -OCH3 is 1. The van der Waals surface area contributed by atoms with Gasteiger partial charge in [-0.2, -0.15) is 0 Å². The second kappa shape index (κ2) is 12.0. The molecule has 4 aromatic rings. The van der Waals surface area contributed by atoms with Crippen molar-refractivity contribution in [3.05, 3.63) is 77.6 Å². The Kier molecular flexibility index (Phi) is 8.59. The molecule has 1 N–H and O–H groups in total. The summed E-state index contributed by atoms with van der Waals surface area (Å²) < 4.78 is 30.6. The van der Waals surface area contributed by atoms with Gasteiger partial charge in [-0.1, -0.05) is 19.9 Å². The van der Waals surface area contributed by atoms with Crippen molar-refractivity contribution in [3.8, 4) is 28.2 Å². The molecule has 38 heavy (non-hydrogen) atoms. The SMILES string of the molecule is CNC(=O)c1c(-c2ccc(F)cc2)oc2ccc(-c3cc(OCCOC)cc(C(=O)CCC(C)C)c3)cc12. The maximum Gasteiger partial charge on any atom is 0.255 e. The van der Waals surface area contributed by atoms with Crippen LogP contribution in [-0.4, -0.2) is 39.1 Å². The molecule has 6 nitrogen and oxygen atoms in total. The van der Waals surface area contributed by atoms with Gasteiger partial charge in [0.1, 0.15) is 29.5 Å². The van der Waals surface area contributed by atoms with Crippen LogP contribution in [0.4, 0.5) is 4.39 Å². The first-order valence-corrected chi connectivity index (χ1v) is 12.7. The predicted octanol–water partition coefficient (Wildman–Crippen LogP) is 6.91. The smallest absolute Gasteiger partial charge is 0.255 e. The van der Waals surface area contributed by atoms with Crippen molar-refractivity contribution in [2.24, 2.45) is 5.92 Å². The molecular formula is C31H32FNO5. The Labute approximate surface area is 221 Å². The summed E-state index contributed by atoms with van der Waals surface area (Å²) >= 11 is 0. The Morgan fingerprint density at radius 3 is 2.37 bits per heavy atom. The number of fused-ring (bicyclic) bond motifs is 1. The van der Waals surface area contributed by atoms with Crippen LogP contribution in [0.2, 0.25) is 0 Å². The summed E-state index contributed by atoms with van der Waals surface area (Å²) in [7, 11) is 3.15. The fraction of sp³-hybridized carbons (Fsp3) is 0.290. The van der Waals surface area contributed by atoms with Gasteiger partial charge in [-0.05, 0) is 78.1 Å². The highest BCUT2D eigenvalue weighted by molar-refractivity contribution is 6.12. The van der Waals surface area contributed by atoms with Gasteiger partial charge in [-0.15, -0.1) is 0 Å². The van der Waals surface area contributed by atoms with E-state index in [1.807, 2.05) is 24.3 Å². The number of carbonyl (C=O) groups excluding carboxylic acids is 2. The standard InChI is InChI=1S/C31H32FNO5/c1-19(2)5-11-27(34)23-15-22(16-25(17-23)37-14-13-36-4)21-8-12-28-26(18-21)29(31(35)33-3)30(38-28)20-6-9-24(32)10-7-20/h6-10,12,15-19H,5,11,13-14H2,1-4H3,(H,33,35). The zero-order chi connectivity index (χ0) is 27.2. The van der Waals surface area contributed by atoms with E-state index in [2.05, 4.69) is 19.2 Å². The molecule has 0 aliphatic heterocycles. The largest absolute Gasteiger partial charge is 0.491 e. The minimum Gasteiger partial charge on any atom is -0.491 e. The third kappa shape index (κ3) is 6.11. The number of ketones is 1. The van der Waals surface area contributed by atoms with E-state index in [-0.39, 0.29) is 17.5 Å². The molecule has 0 aliphatic carbocycles. The lowest BCUT2D eigenvalue weighted by molar-refractivity contribution is 0.0960. The van der Waals surface area contributed by atoms with Gasteiger partial charge >= 0.3 is 0 Å². The Bertz CT molecular complexity index is 1440. The summed E-state index contributed by atoms with van der Waals surface area (Å²) in [5, 5.41) is 3.29. The minimum atomic E-state index is -0.375. The van der Waals surface area contributed by atoms with E-state index in [1.165, 1.54) is 12.1 Å². The summed E-state index contributed by atoms with van der Waals surface area (Å²) in [6, 6.07) is 16.8. The van der Waals surface area contributed by atoms with E-state index >= 15 is 0 Å². The number of halogens is 1. The number of hydrogen-bond donors (Lipinski definition) is 1. The molecular weight excluding hydrogens is 485 g/mol. The van der Waals surface area contributed by atoms with Crippen molar-refractivity contribution in [2.45, 2.75) is 26.7 Å². The van der Waals surface area contributed by atoms with Crippen LogP contribution in [0.5, 0.6) is 5.75 Å². The lowest BCUT2D eigenvalue weighted by Crippen LogP contribution is -2.18. The van der Waals surface area contributed by atoms with Crippen molar-refractivity contribution in [2.75, 3.05) is 27.4 Å². The Balaban J connectivity index is 1.81. The number of furan rings is 1. The topological polar surface area (TPSA) is 77.8 Å². The number of ether oxygens (including phenoxy) is 2. The maximum atomic E-state index is 13.5. The van der Waals surface area contributed by atoms with Crippen molar-refractivity contribution in [1.82, 2.24) is 5.32 Å². The monoisotopic (exact) mass is 517 g/mol. The molecule has 4 rings (SSSR count). The molecule has 0 bridgehead atoms. The second-order valence-electron chi connectivity index (χ2n) is 9.55. The molecule has 0 unspecified atom stereocenters. The lowest BCUT2D eigenvalue weighted by Gasteiger charge is -2.12. The van der Waals surface area contributed by atoms with Crippen LogP contribution in [0.15, 0.2) is 65.1 Å². The van der Waals surface area contributed by atoms with Crippen molar-refractivity contribution in [1.29, 1.82) is 0 Å². The molecule has 0 saturated carbocycles. The van der Waals surface area contributed by atoms with E-state index in [1.54, 1.807) is 38.4 Å². The Morgan fingerprint density at radius 1 is 0.947 bits per heavy atom. The van der Waals surface area contributed by atoms with Crippen LogP contribution in [0, 0.1) is 11.7 Å². The zero-order valence-corrected chi connectivity index (χ0v) is 22.1. The lowest BCUT2D eigenvalue weighted by atomic mass is 9.96. The third-order valence-electron chi connectivity index (χ3n) is 6.32. The predicted molar refractivity (Wildman–Crippen MR) is 146 cm³/mol. The molecule has 1 heterocycles.